The minimum atomic E-state index is -0.144. The number of ether oxygens (including phenoxy) is 1. The fourth-order valence-corrected chi connectivity index (χ4v) is 5.27. The quantitative estimate of drug-likeness (QED) is 0.550. The van der Waals surface area contributed by atoms with Crippen molar-refractivity contribution >= 4 is 0 Å². The normalized spacial score (nSPS) is 24.5. The zero-order valence-corrected chi connectivity index (χ0v) is 17.5. The number of rotatable bonds is 6. The highest BCUT2D eigenvalue weighted by Crippen LogP contribution is 2.55. The van der Waals surface area contributed by atoms with Gasteiger partial charge >= 0.3 is 0 Å². The van der Waals surface area contributed by atoms with Crippen LogP contribution in [0, 0.1) is 5.92 Å². The molecule has 0 saturated heterocycles. The van der Waals surface area contributed by atoms with Crippen LogP contribution in [0.25, 0.3) is 0 Å². The van der Waals surface area contributed by atoms with Crippen LogP contribution in [-0.2, 0) is 5.41 Å². The van der Waals surface area contributed by atoms with Crippen LogP contribution >= 0.6 is 0 Å². The van der Waals surface area contributed by atoms with E-state index in [0.717, 1.165) is 17.7 Å². The number of unbranched alkanes of at least 4 members (excludes halogenated alkanes) is 3. The number of hydrogen-bond acceptors (Lipinski definition) is 2. The lowest BCUT2D eigenvalue weighted by molar-refractivity contribution is -0.00729. The third-order valence-corrected chi connectivity index (χ3v) is 6.96. The molecule has 2 nitrogen and oxygen atoms in total. The minimum Gasteiger partial charge on any atom is -0.508 e. The van der Waals surface area contributed by atoms with Crippen molar-refractivity contribution in [1.82, 2.24) is 0 Å². The Labute approximate surface area is 160 Å². The van der Waals surface area contributed by atoms with Gasteiger partial charge < -0.3 is 9.84 Å². The van der Waals surface area contributed by atoms with Crippen LogP contribution in [0.4, 0.5) is 0 Å². The first-order chi connectivity index (χ1) is 12.3. The SMILES string of the molecule is CCCCCCC(C)(C)c1cc(O)c2c(c1)OC(C)(C)[C@@H]1CCCC[C@@H]21. The van der Waals surface area contributed by atoms with E-state index in [-0.39, 0.29) is 11.0 Å². The van der Waals surface area contributed by atoms with Crippen molar-refractivity contribution < 1.29 is 9.84 Å². The Bertz CT molecular complexity index is 629. The average Bonchev–Trinajstić information content (AvgIpc) is 2.58. The molecule has 1 N–H and O–H groups in total. The predicted octanol–water partition coefficient (Wildman–Crippen LogP) is 7.09. The summed E-state index contributed by atoms with van der Waals surface area (Å²) in [5.41, 5.74) is 2.22. The summed E-state index contributed by atoms with van der Waals surface area (Å²) < 4.78 is 6.49. The van der Waals surface area contributed by atoms with E-state index < -0.39 is 0 Å². The highest BCUT2D eigenvalue weighted by molar-refractivity contribution is 5.53. The molecule has 1 aliphatic heterocycles. The highest BCUT2D eigenvalue weighted by Gasteiger charge is 2.46. The molecule has 0 amide bonds. The summed E-state index contributed by atoms with van der Waals surface area (Å²) in [5.74, 6) is 2.37. The van der Waals surface area contributed by atoms with E-state index >= 15 is 0 Å². The Morgan fingerprint density at radius 3 is 2.58 bits per heavy atom. The Morgan fingerprint density at radius 1 is 1.12 bits per heavy atom. The lowest BCUT2D eigenvalue weighted by Crippen LogP contribution is -2.45. The maximum absolute atomic E-state index is 10.9. The van der Waals surface area contributed by atoms with Gasteiger partial charge in [0.05, 0.1) is 0 Å². The zero-order chi connectivity index (χ0) is 18.9. The topological polar surface area (TPSA) is 29.5 Å². The molecule has 1 saturated carbocycles. The van der Waals surface area contributed by atoms with Crippen molar-refractivity contribution in [1.29, 1.82) is 0 Å². The molecule has 0 aromatic heterocycles. The Morgan fingerprint density at radius 2 is 1.85 bits per heavy atom. The molecule has 1 aliphatic carbocycles. The van der Waals surface area contributed by atoms with Gasteiger partial charge in [0.2, 0.25) is 0 Å². The molecule has 146 valence electrons. The van der Waals surface area contributed by atoms with Gasteiger partial charge in [0.25, 0.3) is 0 Å². The van der Waals surface area contributed by atoms with E-state index in [2.05, 4.69) is 40.7 Å². The van der Waals surface area contributed by atoms with Gasteiger partial charge in [-0.05, 0) is 62.1 Å². The lowest BCUT2D eigenvalue weighted by Gasteiger charge is -2.48. The van der Waals surface area contributed by atoms with Crippen LogP contribution in [0.2, 0.25) is 0 Å². The smallest absolute Gasteiger partial charge is 0.127 e. The Kier molecular flexibility index (Phi) is 5.61. The van der Waals surface area contributed by atoms with Crippen molar-refractivity contribution in [3.05, 3.63) is 23.3 Å². The predicted molar refractivity (Wildman–Crippen MR) is 109 cm³/mol. The summed E-state index contributed by atoms with van der Waals surface area (Å²) in [4.78, 5) is 0. The Balaban J connectivity index is 1.90. The first-order valence-corrected chi connectivity index (χ1v) is 10.8. The van der Waals surface area contributed by atoms with E-state index in [1.807, 2.05) is 6.07 Å². The van der Waals surface area contributed by atoms with Crippen molar-refractivity contribution in [2.45, 2.75) is 109 Å². The van der Waals surface area contributed by atoms with Crippen LogP contribution in [0.1, 0.15) is 109 Å². The molecule has 0 spiro atoms. The molecule has 1 fully saturated rings. The van der Waals surface area contributed by atoms with Gasteiger partial charge in [-0.2, -0.15) is 0 Å². The number of aromatic hydroxyl groups is 1. The molecule has 1 heterocycles. The largest absolute Gasteiger partial charge is 0.508 e. The summed E-state index contributed by atoms with van der Waals surface area (Å²) in [6.45, 7) is 11.3. The second-order valence-electron chi connectivity index (χ2n) is 9.80. The molecule has 0 unspecified atom stereocenters. The van der Waals surface area contributed by atoms with Gasteiger partial charge in [-0.3, -0.25) is 0 Å². The summed E-state index contributed by atoms with van der Waals surface area (Å²) in [6.07, 6.45) is 11.2. The molecule has 0 radical (unpaired) electrons. The lowest BCUT2D eigenvalue weighted by atomic mass is 9.66. The molecule has 2 aliphatic rings. The molecular formula is C24H38O2. The van der Waals surface area contributed by atoms with Crippen LogP contribution in [0.3, 0.4) is 0 Å². The van der Waals surface area contributed by atoms with Crippen molar-refractivity contribution in [2.24, 2.45) is 5.92 Å². The average molecular weight is 359 g/mol. The zero-order valence-electron chi connectivity index (χ0n) is 17.5. The molecule has 2 atom stereocenters. The summed E-state index contributed by atoms with van der Waals surface area (Å²) in [7, 11) is 0. The van der Waals surface area contributed by atoms with Crippen LogP contribution in [0.15, 0.2) is 12.1 Å². The van der Waals surface area contributed by atoms with Gasteiger partial charge in [-0.15, -0.1) is 0 Å². The molecule has 3 rings (SSSR count). The molecule has 1 aromatic rings. The van der Waals surface area contributed by atoms with Gasteiger partial charge in [0, 0.05) is 11.5 Å². The number of phenolic OH excluding ortho intramolecular Hbond substituents is 1. The van der Waals surface area contributed by atoms with Gasteiger partial charge in [-0.25, -0.2) is 0 Å². The fraction of sp³-hybridized carbons (Fsp3) is 0.750. The van der Waals surface area contributed by atoms with E-state index in [9.17, 15) is 5.11 Å². The summed E-state index contributed by atoms with van der Waals surface area (Å²) in [5, 5.41) is 10.9. The van der Waals surface area contributed by atoms with Gasteiger partial charge in [-0.1, -0.05) is 59.3 Å². The third kappa shape index (κ3) is 3.75. The minimum absolute atomic E-state index is 0.0666. The summed E-state index contributed by atoms with van der Waals surface area (Å²) in [6, 6.07) is 4.27. The maximum atomic E-state index is 10.9. The standard InChI is InChI=1S/C24H38O2/c1-6-7-8-11-14-23(2,3)17-15-20(25)22-18-12-9-10-13-19(18)24(4,5)26-21(22)16-17/h15-16,18-19,25H,6-14H2,1-5H3/t18-,19-/m1/s1. The second kappa shape index (κ2) is 7.44. The maximum Gasteiger partial charge on any atom is 0.127 e. The number of fused-ring (bicyclic) bond motifs is 3. The number of benzene rings is 1. The Hall–Kier alpha value is -1.18. The van der Waals surface area contributed by atoms with Gasteiger partial charge in [0.15, 0.2) is 0 Å². The van der Waals surface area contributed by atoms with E-state index in [1.165, 1.54) is 56.9 Å². The number of hydrogen-bond donors (Lipinski definition) is 1. The first-order valence-electron chi connectivity index (χ1n) is 10.8. The van der Waals surface area contributed by atoms with Crippen LogP contribution in [0.5, 0.6) is 11.5 Å². The van der Waals surface area contributed by atoms with E-state index in [4.69, 9.17) is 4.74 Å². The van der Waals surface area contributed by atoms with E-state index in [1.54, 1.807) is 0 Å². The molecule has 1 aromatic carbocycles. The molecule has 0 bridgehead atoms. The summed E-state index contributed by atoms with van der Waals surface area (Å²) >= 11 is 0. The molecular weight excluding hydrogens is 320 g/mol. The molecule has 2 heteroatoms. The van der Waals surface area contributed by atoms with Crippen molar-refractivity contribution in [3.63, 3.8) is 0 Å². The monoisotopic (exact) mass is 358 g/mol. The number of phenols is 1. The highest BCUT2D eigenvalue weighted by atomic mass is 16.5. The van der Waals surface area contributed by atoms with Crippen LogP contribution in [-0.4, -0.2) is 10.7 Å². The van der Waals surface area contributed by atoms with Crippen molar-refractivity contribution in [3.8, 4) is 11.5 Å². The molecule has 26 heavy (non-hydrogen) atoms. The second-order valence-corrected chi connectivity index (χ2v) is 9.80. The first kappa shape index (κ1) is 19.6. The fourth-order valence-electron chi connectivity index (χ4n) is 5.27. The van der Waals surface area contributed by atoms with Gasteiger partial charge in [0.1, 0.15) is 17.1 Å². The van der Waals surface area contributed by atoms with E-state index in [0.29, 0.717) is 17.6 Å². The third-order valence-electron chi connectivity index (χ3n) is 6.96. The van der Waals surface area contributed by atoms with Crippen molar-refractivity contribution in [2.75, 3.05) is 0 Å². The van der Waals surface area contributed by atoms with Crippen LogP contribution < -0.4 is 4.74 Å².